The molecule has 29 heavy (non-hydrogen) atoms. The van der Waals surface area contributed by atoms with Crippen LogP contribution in [-0.4, -0.2) is 65.9 Å². The van der Waals surface area contributed by atoms with E-state index in [4.69, 9.17) is 0 Å². The predicted octanol–water partition coefficient (Wildman–Crippen LogP) is 2.19. The van der Waals surface area contributed by atoms with Crippen molar-refractivity contribution in [2.75, 3.05) is 50.0 Å². The third kappa shape index (κ3) is 6.49. The lowest BCUT2D eigenvalue weighted by atomic mass is 10.3. The van der Waals surface area contributed by atoms with Crippen molar-refractivity contribution >= 4 is 58.2 Å². The second-order valence-electron chi connectivity index (χ2n) is 6.28. The van der Waals surface area contributed by atoms with Crippen molar-refractivity contribution in [2.24, 2.45) is 4.99 Å². The summed E-state index contributed by atoms with van der Waals surface area (Å²) in [5, 5.41) is 6.77. The van der Waals surface area contributed by atoms with Crippen LogP contribution in [0.5, 0.6) is 0 Å². The third-order valence-electron chi connectivity index (χ3n) is 4.37. The SMILES string of the molecule is CCc1nsc(N2CCN(C(=NC)NCC(=O)Nc3ccc(F)cc3)CC2)n1.I. The molecule has 0 atom stereocenters. The molecule has 0 unspecified atom stereocenters. The minimum Gasteiger partial charge on any atom is -0.347 e. The van der Waals surface area contributed by atoms with E-state index in [1.165, 1.54) is 35.8 Å². The molecular weight excluding hydrogens is 508 g/mol. The first-order chi connectivity index (χ1) is 13.6. The van der Waals surface area contributed by atoms with E-state index >= 15 is 0 Å². The zero-order valence-corrected chi connectivity index (χ0v) is 19.5. The summed E-state index contributed by atoms with van der Waals surface area (Å²) in [4.78, 5) is 25.3. The number of amides is 1. The molecule has 0 spiro atoms. The van der Waals surface area contributed by atoms with Crippen LogP contribution in [0.15, 0.2) is 29.3 Å². The summed E-state index contributed by atoms with van der Waals surface area (Å²) in [5.41, 5.74) is 0.556. The molecule has 0 bridgehead atoms. The number of halogens is 2. The van der Waals surface area contributed by atoms with Crippen LogP contribution in [0.4, 0.5) is 15.2 Å². The maximum absolute atomic E-state index is 12.9. The molecule has 1 aliphatic rings. The fourth-order valence-corrected chi connectivity index (χ4v) is 3.66. The van der Waals surface area contributed by atoms with E-state index in [0.29, 0.717) is 11.6 Å². The number of nitrogens with zero attached hydrogens (tertiary/aromatic N) is 5. The van der Waals surface area contributed by atoms with E-state index in [2.05, 4.69) is 34.8 Å². The molecular formula is C18H25FIN7OS. The van der Waals surface area contributed by atoms with Gasteiger partial charge in [0, 0.05) is 56.9 Å². The Morgan fingerprint density at radius 2 is 1.93 bits per heavy atom. The average molecular weight is 533 g/mol. The van der Waals surface area contributed by atoms with Gasteiger partial charge >= 0.3 is 0 Å². The normalized spacial score (nSPS) is 14.4. The first-order valence-corrected chi connectivity index (χ1v) is 9.95. The van der Waals surface area contributed by atoms with E-state index in [1.54, 1.807) is 7.05 Å². The van der Waals surface area contributed by atoms with Crippen molar-refractivity contribution in [2.45, 2.75) is 13.3 Å². The van der Waals surface area contributed by atoms with Crippen molar-refractivity contribution in [1.82, 2.24) is 19.6 Å². The fourth-order valence-electron chi connectivity index (χ4n) is 2.86. The Labute approximate surface area is 190 Å². The van der Waals surface area contributed by atoms with Crippen molar-refractivity contribution in [3.05, 3.63) is 35.9 Å². The van der Waals surface area contributed by atoms with Crippen LogP contribution in [-0.2, 0) is 11.2 Å². The summed E-state index contributed by atoms with van der Waals surface area (Å²) in [7, 11) is 1.70. The lowest BCUT2D eigenvalue weighted by Crippen LogP contribution is -2.53. The van der Waals surface area contributed by atoms with Gasteiger partial charge in [-0.25, -0.2) is 9.37 Å². The minimum absolute atomic E-state index is 0. The highest BCUT2D eigenvalue weighted by atomic mass is 127. The van der Waals surface area contributed by atoms with Gasteiger partial charge in [-0.2, -0.15) is 4.37 Å². The molecule has 158 valence electrons. The number of benzene rings is 1. The molecule has 2 N–H and O–H groups in total. The Hall–Kier alpha value is -2.02. The Bertz CT molecular complexity index is 822. The number of aliphatic imine (C=N–C) groups is 1. The predicted molar refractivity (Wildman–Crippen MR) is 125 cm³/mol. The van der Waals surface area contributed by atoms with Gasteiger partial charge < -0.3 is 20.4 Å². The molecule has 0 radical (unpaired) electrons. The van der Waals surface area contributed by atoms with Crippen molar-refractivity contribution in [1.29, 1.82) is 0 Å². The number of aryl methyl sites for hydroxylation is 1. The molecule has 2 aromatic rings. The summed E-state index contributed by atoms with van der Waals surface area (Å²) in [6.45, 7) is 5.33. The van der Waals surface area contributed by atoms with E-state index < -0.39 is 0 Å². The molecule has 0 saturated carbocycles. The van der Waals surface area contributed by atoms with Crippen molar-refractivity contribution in [3.63, 3.8) is 0 Å². The number of piperazine rings is 1. The van der Waals surface area contributed by atoms with Gasteiger partial charge in [-0.3, -0.25) is 9.79 Å². The topological polar surface area (TPSA) is 85.8 Å². The number of guanidine groups is 1. The van der Waals surface area contributed by atoms with E-state index in [-0.39, 0.29) is 42.2 Å². The van der Waals surface area contributed by atoms with Gasteiger partial charge in [0.05, 0.1) is 6.54 Å². The molecule has 1 amide bonds. The number of hydrogen-bond acceptors (Lipinski definition) is 6. The second kappa shape index (κ2) is 11.2. The van der Waals surface area contributed by atoms with Crippen LogP contribution in [0.3, 0.4) is 0 Å². The molecule has 1 saturated heterocycles. The van der Waals surface area contributed by atoms with E-state index in [9.17, 15) is 9.18 Å². The largest absolute Gasteiger partial charge is 0.347 e. The maximum Gasteiger partial charge on any atom is 0.243 e. The van der Waals surface area contributed by atoms with Gasteiger partial charge in [0.25, 0.3) is 0 Å². The molecule has 3 rings (SSSR count). The standard InChI is InChI=1S/C18H24FN7OS.HI/c1-3-15-23-18(28-24-15)26-10-8-25(9-11-26)17(20-2)21-12-16(27)22-14-6-4-13(19)5-7-14;/h4-7H,3,8-12H2,1-2H3,(H,20,21)(H,22,27);1H. The monoisotopic (exact) mass is 533 g/mol. The maximum atomic E-state index is 12.9. The first kappa shape index (κ1) is 23.3. The Morgan fingerprint density at radius 3 is 2.52 bits per heavy atom. The first-order valence-electron chi connectivity index (χ1n) is 9.17. The fraction of sp³-hybridized carbons (Fsp3) is 0.444. The summed E-state index contributed by atoms with van der Waals surface area (Å²) >= 11 is 1.44. The molecule has 8 nitrogen and oxygen atoms in total. The molecule has 0 aliphatic carbocycles. The number of carbonyl (C=O) groups is 1. The summed E-state index contributed by atoms with van der Waals surface area (Å²) < 4.78 is 17.3. The molecule has 11 heteroatoms. The van der Waals surface area contributed by atoms with Crippen LogP contribution < -0.4 is 15.5 Å². The van der Waals surface area contributed by atoms with Gasteiger partial charge in [0.2, 0.25) is 11.0 Å². The molecule has 1 aromatic carbocycles. The number of hydrogen-bond donors (Lipinski definition) is 2. The highest BCUT2D eigenvalue weighted by Gasteiger charge is 2.22. The minimum atomic E-state index is -0.338. The van der Waals surface area contributed by atoms with Gasteiger partial charge in [-0.1, -0.05) is 6.92 Å². The smallest absolute Gasteiger partial charge is 0.243 e. The molecule has 1 aliphatic heterocycles. The van der Waals surface area contributed by atoms with Crippen LogP contribution >= 0.6 is 35.5 Å². The highest BCUT2D eigenvalue weighted by molar-refractivity contribution is 14.0. The number of aromatic nitrogens is 2. The Balaban J connectivity index is 0.00000300. The van der Waals surface area contributed by atoms with E-state index in [0.717, 1.165) is 43.6 Å². The van der Waals surface area contributed by atoms with Crippen molar-refractivity contribution < 1.29 is 9.18 Å². The quantitative estimate of drug-likeness (QED) is 0.349. The zero-order valence-electron chi connectivity index (χ0n) is 16.4. The summed E-state index contributed by atoms with van der Waals surface area (Å²) in [5.74, 6) is 1.01. The number of carbonyl (C=O) groups excluding carboxylic acids is 1. The van der Waals surface area contributed by atoms with Gasteiger partial charge in [0.1, 0.15) is 11.6 Å². The lowest BCUT2D eigenvalue weighted by Gasteiger charge is -2.36. The lowest BCUT2D eigenvalue weighted by molar-refractivity contribution is -0.115. The summed E-state index contributed by atoms with van der Waals surface area (Å²) in [6.07, 6.45) is 0.840. The van der Waals surface area contributed by atoms with Crippen molar-refractivity contribution in [3.8, 4) is 0 Å². The molecule has 2 heterocycles. The third-order valence-corrected chi connectivity index (χ3v) is 5.18. The Kier molecular flexibility index (Phi) is 9.01. The zero-order chi connectivity index (χ0) is 19.9. The number of rotatable bonds is 5. The van der Waals surface area contributed by atoms with Gasteiger partial charge in [0.15, 0.2) is 5.96 Å². The second-order valence-corrected chi connectivity index (χ2v) is 7.01. The van der Waals surface area contributed by atoms with Crippen LogP contribution in [0.25, 0.3) is 0 Å². The number of anilines is 2. The number of nitrogens with one attached hydrogen (secondary N) is 2. The van der Waals surface area contributed by atoms with E-state index in [1.807, 2.05) is 6.92 Å². The van der Waals surface area contributed by atoms with Gasteiger partial charge in [-0.05, 0) is 24.3 Å². The molecule has 1 aromatic heterocycles. The Morgan fingerprint density at radius 1 is 1.24 bits per heavy atom. The van der Waals surface area contributed by atoms with Gasteiger partial charge in [-0.15, -0.1) is 24.0 Å². The highest BCUT2D eigenvalue weighted by Crippen LogP contribution is 2.19. The van der Waals surface area contributed by atoms with Crippen LogP contribution in [0.1, 0.15) is 12.7 Å². The summed E-state index contributed by atoms with van der Waals surface area (Å²) in [6, 6.07) is 5.67. The average Bonchev–Trinajstić information content (AvgIpc) is 3.20. The van der Waals surface area contributed by atoms with Crippen LogP contribution in [0.2, 0.25) is 0 Å². The van der Waals surface area contributed by atoms with Crippen LogP contribution in [0, 0.1) is 5.82 Å². The molecule has 1 fully saturated rings.